The average Bonchev–Trinajstić information content (AvgIpc) is 2.63. The number of ether oxygens (including phenoxy) is 1. The molecular weight excluding hydrogens is 290 g/mol. The molecule has 0 amide bonds. The highest BCUT2D eigenvalue weighted by Gasteiger charge is 2.12. The topological polar surface area (TPSA) is 57.6 Å². The van der Waals surface area contributed by atoms with Gasteiger partial charge in [-0.2, -0.15) is 0 Å². The van der Waals surface area contributed by atoms with Gasteiger partial charge >= 0.3 is 0 Å². The number of nitrogens with zero attached hydrogens (tertiary/aromatic N) is 2. The Hall–Kier alpha value is -2.11. The summed E-state index contributed by atoms with van der Waals surface area (Å²) in [4.78, 5) is 6.79. The van der Waals surface area contributed by atoms with Gasteiger partial charge in [0.25, 0.3) is 0 Å². The minimum Gasteiger partial charge on any atom is -0.392 e. The van der Waals surface area contributed by atoms with E-state index in [0.717, 1.165) is 48.9 Å². The van der Waals surface area contributed by atoms with Gasteiger partial charge in [-0.3, -0.25) is 0 Å². The van der Waals surface area contributed by atoms with Gasteiger partial charge in [0.1, 0.15) is 5.82 Å². The highest BCUT2D eigenvalue weighted by molar-refractivity contribution is 5.50. The first-order chi connectivity index (χ1) is 11.3. The Morgan fingerprint density at radius 1 is 1.26 bits per heavy atom. The molecule has 2 N–H and O–H groups in total. The van der Waals surface area contributed by atoms with Crippen molar-refractivity contribution >= 4 is 11.5 Å². The molecule has 1 aliphatic rings. The minimum atomic E-state index is 0.0658. The molecule has 122 valence electrons. The predicted octanol–water partition coefficient (Wildman–Crippen LogP) is 2.58. The molecule has 1 aromatic carbocycles. The standard InChI is InChI=1S/C18H23N3O2/c1-14(16-4-2-3-15(11-16)13-22)20-17-5-6-18(19-12-17)21-7-9-23-10-8-21/h2-6,11-12,14,20,22H,7-10,13H2,1H3/t14-/m1/s1. The van der Waals surface area contributed by atoms with Crippen molar-refractivity contribution in [3.05, 3.63) is 53.7 Å². The third-order valence-corrected chi connectivity index (χ3v) is 4.10. The molecule has 23 heavy (non-hydrogen) atoms. The second kappa shape index (κ2) is 7.44. The molecule has 0 aliphatic carbocycles. The second-order valence-corrected chi connectivity index (χ2v) is 5.77. The lowest BCUT2D eigenvalue weighted by Crippen LogP contribution is -2.36. The minimum absolute atomic E-state index is 0.0658. The molecule has 2 aromatic rings. The molecule has 0 saturated carbocycles. The fourth-order valence-electron chi connectivity index (χ4n) is 2.75. The summed E-state index contributed by atoms with van der Waals surface area (Å²) in [6, 6.07) is 12.2. The largest absolute Gasteiger partial charge is 0.392 e. The van der Waals surface area contributed by atoms with Crippen LogP contribution in [0.1, 0.15) is 24.1 Å². The van der Waals surface area contributed by atoms with Gasteiger partial charge < -0.3 is 20.1 Å². The Bertz CT molecular complexity index is 624. The van der Waals surface area contributed by atoms with Crippen LogP contribution in [0.3, 0.4) is 0 Å². The molecule has 1 aliphatic heterocycles. The van der Waals surface area contributed by atoms with Crippen molar-refractivity contribution in [2.45, 2.75) is 19.6 Å². The van der Waals surface area contributed by atoms with Crippen LogP contribution in [0, 0.1) is 0 Å². The number of aromatic nitrogens is 1. The third kappa shape index (κ3) is 4.00. The molecule has 5 nitrogen and oxygen atoms in total. The van der Waals surface area contributed by atoms with Crippen molar-refractivity contribution in [1.29, 1.82) is 0 Å². The molecule has 3 rings (SSSR count). The van der Waals surface area contributed by atoms with Gasteiger partial charge in [0.15, 0.2) is 0 Å². The lowest BCUT2D eigenvalue weighted by atomic mass is 10.1. The van der Waals surface area contributed by atoms with Crippen LogP contribution >= 0.6 is 0 Å². The van der Waals surface area contributed by atoms with Crippen molar-refractivity contribution in [2.24, 2.45) is 0 Å². The van der Waals surface area contributed by atoms with Crippen molar-refractivity contribution in [1.82, 2.24) is 4.98 Å². The second-order valence-electron chi connectivity index (χ2n) is 5.77. The maximum atomic E-state index is 9.24. The summed E-state index contributed by atoms with van der Waals surface area (Å²) in [5.74, 6) is 0.994. The monoisotopic (exact) mass is 313 g/mol. The summed E-state index contributed by atoms with van der Waals surface area (Å²) < 4.78 is 5.37. The Morgan fingerprint density at radius 3 is 2.78 bits per heavy atom. The van der Waals surface area contributed by atoms with Crippen LogP contribution in [-0.4, -0.2) is 36.4 Å². The van der Waals surface area contributed by atoms with E-state index in [-0.39, 0.29) is 12.6 Å². The first-order valence-electron chi connectivity index (χ1n) is 8.01. The van der Waals surface area contributed by atoms with Gasteiger partial charge in [0.05, 0.1) is 31.7 Å². The molecule has 2 heterocycles. The van der Waals surface area contributed by atoms with Crippen molar-refractivity contribution in [3.63, 3.8) is 0 Å². The Morgan fingerprint density at radius 2 is 2.09 bits per heavy atom. The molecule has 0 radical (unpaired) electrons. The maximum absolute atomic E-state index is 9.24. The van der Waals surface area contributed by atoms with Gasteiger partial charge in [0.2, 0.25) is 0 Å². The Labute approximate surface area is 136 Å². The van der Waals surface area contributed by atoms with Crippen LogP contribution in [0.5, 0.6) is 0 Å². The number of morpholine rings is 1. The van der Waals surface area contributed by atoms with Crippen LogP contribution in [0.15, 0.2) is 42.6 Å². The number of hydrogen-bond acceptors (Lipinski definition) is 5. The van der Waals surface area contributed by atoms with Crippen molar-refractivity contribution < 1.29 is 9.84 Å². The van der Waals surface area contributed by atoms with Gasteiger partial charge in [-0.25, -0.2) is 4.98 Å². The average molecular weight is 313 g/mol. The van der Waals surface area contributed by atoms with Gasteiger partial charge in [-0.15, -0.1) is 0 Å². The molecule has 0 spiro atoms. The first-order valence-corrected chi connectivity index (χ1v) is 8.01. The quantitative estimate of drug-likeness (QED) is 0.888. The number of anilines is 2. The van der Waals surface area contributed by atoms with Gasteiger partial charge in [0, 0.05) is 19.1 Å². The first kappa shape index (κ1) is 15.8. The van der Waals surface area contributed by atoms with Crippen molar-refractivity contribution in [2.75, 3.05) is 36.5 Å². The molecule has 0 unspecified atom stereocenters. The number of aliphatic hydroxyl groups excluding tert-OH is 1. The number of nitrogens with one attached hydrogen (secondary N) is 1. The summed E-state index contributed by atoms with van der Waals surface area (Å²) in [5, 5.41) is 12.7. The van der Waals surface area contributed by atoms with Gasteiger partial charge in [-0.1, -0.05) is 24.3 Å². The number of benzene rings is 1. The zero-order valence-electron chi connectivity index (χ0n) is 13.4. The van der Waals surface area contributed by atoms with E-state index < -0.39 is 0 Å². The summed E-state index contributed by atoms with van der Waals surface area (Å²) in [7, 11) is 0. The molecular formula is C18H23N3O2. The molecule has 1 atom stereocenters. The number of rotatable bonds is 5. The smallest absolute Gasteiger partial charge is 0.128 e. The summed E-state index contributed by atoms with van der Waals surface area (Å²) in [6.07, 6.45) is 1.87. The van der Waals surface area contributed by atoms with E-state index in [1.807, 2.05) is 30.5 Å². The highest BCUT2D eigenvalue weighted by Crippen LogP contribution is 2.21. The zero-order valence-corrected chi connectivity index (χ0v) is 13.4. The van der Waals surface area contributed by atoms with E-state index in [4.69, 9.17) is 4.74 Å². The fourth-order valence-corrected chi connectivity index (χ4v) is 2.75. The number of aliphatic hydroxyl groups is 1. The maximum Gasteiger partial charge on any atom is 0.128 e. The van der Waals surface area contributed by atoms with E-state index in [2.05, 4.69) is 34.3 Å². The summed E-state index contributed by atoms with van der Waals surface area (Å²) in [6.45, 7) is 5.48. The van der Waals surface area contributed by atoms with Crippen LogP contribution < -0.4 is 10.2 Å². The summed E-state index contributed by atoms with van der Waals surface area (Å²) >= 11 is 0. The van der Waals surface area contributed by atoms with E-state index in [1.54, 1.807) is 0 Å². The molecule has 1 aromatic heterocycles. The van der Waals surface area contributed by atoms with Crippen LogP contribution in [0.25, 0.3) is 0 Å². The number of hydrogen-bond donors (Lipinski definition) is 2. The molecule has 5 heteroatoms. The fraction of sp³-hybridized carbons (Fsp3) is 0.389. The molecule has 0 bridgehead atoms. The van der Waals surface area contributed by atoms with E-state index in [0.29, 0.717) is 0 Å². The van der Waals surface area contributed by atoms with E-state index in [1.165, 1.54) is 0 Å². The lowest BCUT2D eigenvalue weighted by Gasteiger charge is -2.28. The lowest BCUT2D eigenvalue weighted by molar-refractivity contribution is 0.122. The Kier molecular flexibility index (Phi) is 5.10. The highest BCUT2D eigenvalue weighted by atomic mass is 16.5. The van der Waals surface area contributed by atoms with Crippen LogP contribution in [0.2, 0.25) is 0 Å². The van der Waals surface area contributed by atoms with Crippen LogP contribution in [0.4, 0.5) is 11.5 Å². The molecule has 1 saturated heterocycles. The van der Waals surface area contributed by atoms with Crippen molar-refractivity contribution in [3.8, 4) is 0 Å². The van der Waals surface area contributed by atoms with E-state index in [9.17, 15) is 5.11 Å². The normalized spacial score (nSPS) is 16.2. The van der Waals surface area contributed by atoms with Crippen LogP contribution in [-0.2, 0) is 11.3 Å². The third-order valence-electron chi connectivity index (χ3n) is 4.10. The van der Waals surface area contributed by atoms with Gasteiger partial charge in [-0.05, 0) is 30.2 Å². The zero-order chi connectivity index (χ0) is 16.1. The molecule has 1 fully saturated rings. The van der Waals surface area contributed by atoms with E-state index >= 15 is 0 Å². The number of pyridine rings is 1. The Balaban J connectivity index is 1.65. The SMILES string of the molecule is C[C@@H](Nc1ccc(N2CCOCC2)nc1)c1cccc(CO)c1. The predicted molar refractivity (Wildman–Crippen MR) is 91.7 cm³/mol. The summed E-state index contributed by atoms with van der Waals surface area (Å²) in [5.41, 5.74) is 3.06.